The van der Waals surface area contributed by atoms with Crippen molar-refractivity contribution in [2.24, 2.45) is 0 Å². The van der Waals surface area contributed by atoms with Gasteiger partial charge in [0.15, 0.2) is 0 Å². The van der Waals surface area contributed by atoms with E-state index in [2.05, 4.69) is 5.32 Å². The Bertz CT molecular complexity index is 852. The molecule has 0 atom stereocenters. The van der Waals surface area contributed by atoms with Crippen molar-refractivity contribution in [3.8, 4) is 19.5 Å². The monoisotopic (exact) mass is 421 g/mol. The summed E-state index contributed by atoms with van der Waals surface area (Å²) in [5.41, 5.74) is 1.72. The van der Waals surface area contributed by atoms with Gasteiger partial charge in [0.05, 0.1) is 30.2 Å². The second kappa shape index (κ2) is 9.16. The summed E-state index contributed by atoms with van der Waals surface area (Å²) in [5, 5.41) is 6.71. The van der Waals surface area contributed by atoms with Gasteiger partial charge in [-0.05, 0) is 54.4 Å². The minimum Gasteiger partial charge on any atom is -0.466 e. The summed E-state index contributed by atoms with van der Waals surface area (Å²) < 4.78 is 10.0. The minimum atomic E-state index is -0.455. The summed E-state index contributed by atoms with van der Waals surface area (Å²) >= 11 is 4.81. The number of esters is 1. The Kier molecular flexibility index (Phi) is 6.65. The third kappa shape index (κ3) is 4.77. The molecule has 1 N–H and O–H groups in total. The number of anilines is 1. The largest absolute Gasteiger partial charge is 0.466 e. The van der Waals surface area contributed by atoms with Crippen molar-refractivity contribution in [2.75, 3.05) is 18.5 Å². The van der Waals surface area contributed by atoms with Gasteiger partial charge in [-0.25, -0.2) is 4.79 Å². The van der Waals surface area contributed by atoms with Crippen molar-refractivity contribution >= 4 is 51.8 Å². The van der Waals surface area contributed by atoms with Crippen molar-refractivity contribution in [2.45, 2.75) is 20.3 Å². The van der Waals surface area contributed by atoms with E-state index in [0.717, 1.165) is 30.8 Å². The molecule has 0 aliphatic rings. The Morgan fingerprint density at radius 3 is 2.33 bits per heavy atom. The SMILES string of the molecule is CCOC(=O)Cc1ccsc1-c1ccc(-c2sccc2NC(=O)OCC)s1. The predicted molar refractivity (Wildman–Crippen MR) is 112 cm³/mol. The number of thiophene rings is 3. The Morgan fingerprint density at radius 1 is 0.926 bits per heavy atom. The molecule has 0 aliphatic heterocycles. The molecular formula is C19H19NO4S3. The van der Waals surface area contributed by atoms with Crippen LogP contribution in [-0.4, -0.2) is 25.3 Å². The van der Waals surface area contributed by atoms with Crippen LogP contribution in [0.5, 0.6) is 0 Å². The van der Waals surface area contributed by atoms with Gasteiger partial charge in [-0.15, -0.1) is 34.0 Å². The zero-order valence-corrected chi connectivity index (χ0v) is 17.4. The maximum absolute atomic E-state index is 11.8. The van der Waals surface area contributed by atoms with Gasteiger partial charge in [-0.2, -0.15) is 0 Å². The molecule has 0 fully saturated rings. The molecule has 142 valence electrons. The Morgan fingerprint density at radius 2 is 1.59 bits per heavy atom. The minimum absolute atomic E-state index is 0.215. The molecule has 0 radical (unpaired) electrons. The van der Waals surface area contributed by atoms with E-state index >= 15 is 0 Å². The number of hydrogen-bond donors (Lipinski definition) is 1. The summed E-state index contributed by atoms with van der Waals surface area (Å²) in [5.74, 6) is -0.215. The highest BCUT2D eigenvalue weighted by Gasteiger charge is 2.16. The molecule has 27 heavy (non-hydrogen) atoms. The highest BCUT2D eigenvalue weighted by Crippen LogP contribution is 2.43. The van der Waals surface area contributed by atoms with Gasteiger partial charge in [0.1, 0.15) is 0 Å². The standard InChI is InChI=1S/C19H19NO4S3/c1-3-23-16(21)11-12-7-9-25-17(12)14-5-6-15(27-14)18-13(8-10-26-18)20-19(22)24-4-2/h5-10H,3-4,11H2,1-2H3,(H,20,22). The Labute approximate surface area is 169 Å². The summed E-state index contributed by atoms with van der Waals surface area (Å²) in [4.78, 5) is 27.8. The third-order valence-corrected chi connectivity index (χ3v) is 6.93. The average Bonchev–Trinajstić information content (AvgIpc) is 3.35. The lowest BCUT2D eigenvalue weighted by atomic mass is 10.2. The highest BCUT2D eigenvalue weighted by atomic mass is 32.1. The smallest absolute Gasteiger partial charge is 0.411 e. The van der Waals surface area contributed by atoms with Crippen LogP contribution in [0.2, 0.25) is 0 Å². The zero-order valence-electron chi connectivity index (χ0n) is 14.9. The molecule has 5 nitrogen and oxygen atoms in total. The van der Waals surface area contributed by atoms with Crippen LogP contribution in [-0.2, 0) is 20.7 Å². The Hall–Kier alpha value is -2.16. The molecular weight excluding hydrogens is 402 g/mol. The van der Waals surface area contributed by atoms with E-state index < -0.39 is 6.09 Å². The quantitative estimate of drug-likeness (QED) is 0.484. The molecule has 0 unspecified atom stereocenters. The van der Waals surface area contributed by atoms with Crippen LogP contribution in [0, 0.1) is 0 Å². The van der Waals surface area contributed by atoms with Crippen molar-refractivity contribution in [1.29, 1.82) is 0 Å². The first-order valence-corrected chi connectivity index (χ1v) is 11.0. The molecule has 0 saturated carbocycles. The van der Waals surface area contributed by atoms with Crippen LogP contribution >= 0.6 is 34.0 Å². The molecule has 0 spiro atoms. The third-order valence-electron chi connectivity index (χ3n) is 3.62. The first-order chi connectivity index (χ1) is 13.1. The van der Waals surface area contributed by atoms with Crippen molar-refractivity contribution < 1.29 is 19.1 Å². The van der Waals surface area contributed by atoms with Gasteiger partial charge in [-0.1, -0.05) is 0 Å². The number of rotatable bonds is 7. The average molecular weight is 422 g/mol. The van der Waals surface area contributed by atoms with E-state index in [4.69, 9.17) is 9.47 Å². The second-order valence-corrected chi connectivity index (χ2v) is 8.35. The van der Waals surface area contributed by atoms with Crippen LogP contribution in [0.3, 0.4) is 0 Å². The van der Waals surface area contributed by atoms with Crippen LogP contribution in [0.4, 0.5) is 10.5 Å². The topological polar surface area (TPSA) is 64.6 Å². The number of hydrogen-bond acceptors (Lipinski definition) is 7. The van der Waals surface area contributed by atoms with E-state index in [-0.39, 0.29) is 12.4 Å². The molecule has 3 aromatic heterocycles. The molecule has 0 saturated heterocycles. The highest BCUT2D eigenvalue weighted by molar-refractivity contribution is 7.26. The predicted octanol–water partition coefficient (Wildman–Crippen LogP) is 5.88. The number of amides is 1. The summed E-state index contributed by atoms with van der Waals surface area (Å²) in [6.45, 7) is 4.29. The van der Waals surface area contributed by atoms with Gasteiger partial charge in [0.25, 0.3) is 0 Å². The van der Waals surface area contributed by atoms with Gasteiger partial charge >= 0.3 is 12.1 Å². The van der Waals surface area contributed by atoms with Gasteiger partial charge in [0.2, 0.25) is 0 Å². The summed E-state index contributed by atoms with van der Waals surface area (Å²) in [7, 11) is 0. The van der Waals surface area contributed by atoms with Crippen LogP contribution < -0.4 is 5.32 Å². The van der Waals surface area contributed by atoms with Crippen molar-refractivity contribution in [1.82, 2.24) is 0 Å². The normalized spacial score (nSPS) is 10.6. The molecule has 0 aromatic carbocycles. The fourth-order valence-electron chi connectivity index (χ4n) is 2.52. The van der Waals surface area contributed by atoms with E-state index in [1.807, 2.05) is 35.0 Å². The van der Waals surface area contributed by atoms with Gasteiger partial charge in [0, 0.05) is 14.6 Å². The summed E-state index contributed by atoms with van der Waals surface area (Å²) in [6, 6.07) is 7.92. The molecule has 3 aromatic rings. The van der Waals surface area contributed by atoms with Crippen LogP contribution in [0.25, 0.3) is 19.5 Å². The summed E-state index contributed by atoms with van der Waals surface area (Å²) in [6.07, 6.45) is -0.182. The maximum atomic E-state index is 11.8. The van der Waals surface area contributed by atoms with E-state index in [1.165, 1.54) is 0 Å². The zero-order chi connectivity index (χ0) is 19.2. The van der Waals surface area contributed by atoms with Crippen LogP contribution in [0.1, 0.15) is 19.4 Å². The van der Waals surface area contributed by atoms with E-state index in [1.54, 1.807) is 47.9 Å². The van der Waals surface area contributed by atoms with Crippen molar-refractivity contribution in [3.63, 3.8) is 0 Å². The van der Waals surface area contributed by atoms with Gasteiger partial charge in [-0.3, -0.25) is 10.1 Å². The van der Waals surface area contributed by atoms with Crippen LogP contribution in [0.15, 0.2) is 35.0 Å². The van der Waals surface area contributed by atoms with E-state index in [0.29, 0.717) is 13.2 Å². The lowest BCUT2D eigenvalue weighted by Gasteiger charge is -2.05. The molecule has 0 aliphatic carbocycles. The maximum Gasteiger partial charge on any atom is 0.411 e. The number of carbonyl (C=O) groups is 2. The van der Waals surface area contributed by atoms with E-state index in [9.17, 15) is 9.59 Å². The molecule has 1 amide bonds. The molecule has 0 bridgehead atoms. The number of nitrogens with one attached hydrogen (secondary N) is 1. The molecule has 3 heterocycles. The molecule has 3 rings (SSSR count). The second-order valence-electron chi connectivity index (χ2n) is 5.43. The number of ether oxygens (including phenoxy) is 2. The van der Waals surface area contributed by atoms with Gasteiger partial charge < -0.3 is 9.47 Å². The fraction of sp³-hybridized carbons (Fsp3) is 0.263. The molecule has 8 heteroatoms. The first-order valence-electron chi connectivity index (χ1n) is 8.46. The fourth-order valence-corrected chi connectivity index (χ4v) is 5.61. The van der Waals surface area contributed by atoms with Crippen molar-refractivity contribution in [3.05, 3.63) is 40.6 Å². The lowest BCUT2D eigenvalue weighted by molar-refractivity contribution is -0.142. The number of carbonyl (C=O) groups excluding carboxylic acids is 2. The first kappa shape index (κ1) is 19.6. The Balaban J connectivity index is 1.81. The lowest BCUT2D eigenvalue weighted by Crippen LogP contribution is -2.13.